The molecule has 3 nitrogen and oxygen atoms in total. The van der Waals surface area contributed by atoms with Crippen LogP contribution in [0.15, 0.2) is 53.0 Å². The van der Waals surface area contributed by atoms with Crippen molar-refractivity contribution >= 4 is 22.0 Å². The zero-order valence-electron chi connectivity index (χ0n) is 8.89. The van der Waals surface area contributed by atoms with Gasteiger partial charge in [-0.2, -0.15) is 0 Å². The lowest BCUT2D eigenvalue weighted by Gasteiger charge is -2.04. The predicted octanol–water partition coefficient (Wildman–Crippen LogP) is 3.57. The van der Waals surface area contributed by atoms with Crippen LogP contribution in [0.2, 0.25) is 0 Å². The first kappa shape index (κ1) is 11.7. The largest absolute Gasteiger partial charge is 0.411 e. The number of nitrogens with two attached hydrogens (primary N) is 1. The Hall–Kier alpha value is -1.81. The van der Waals surface area contributed by atoms with Gasteiger partial charge in [-0.3, -0.25) is 0 Å². The number of primary amides is 1. The molecule has 0 aromatic heterocycles. The first-order valence-corrected chi connectivity index (χ1v) is 5.78. The van der Waals surface area contributed by atoms with E-state index in [-0.39, 0.29) is 0 Å². The van der Waals surface area contributed by atoms with E-state index >= 15 is 0 Å². The third-order valence-electron chi connectivity index (χ3n) is 2.25. The summed E-state index contributed by atoms with van der Waals surface area (Å²) in [6.45, 7) is 0. The van der Waals surface area contributed by atoms with Crippen molar-refractivity contribution in [3.05, 3.63) is 53.0 Å². The number of hydrogen-bond donors (Lipinski definition) is 1. The molecule has 1 amide bonds. The van der Waals surface area contributed by atoms with Gasteiger partial charge in [-0.25, -0.2) is 4.79 Å². The van der Waals surface area contributed by atoms with E-state index in [0.29, 0.717) is 5.75 Å². The molecule has 0 bridgehead atoms. The number of halogens is 1. The van der Waals surface area contributed by atoms with E-state index in [1.54, 1.807) is 12.1 Å². The molecule has 86 valence electrons. The minimum Gasteiger partial charge on any atom is -0.411 e. The lowest BCUT2D eigenvalue weighted by molar-refractivity contribution is 0.211. The van der Waals surface area contributed by atoms with Crippen LogP contribution in [0.3, 0.4) is 0 Å². The third kappa shape index (κ3) is 3.07. The molecular formula is C13H10BrNO2. The molecular weight excluding hydrogens is 282 g/mol. The Morgan fingerprint density at radius 1 is 0.941 bits per heavy atom. The zero-order valence-corrected chi connectivity index (χ0v) is 10.5. The number of carbonyl (C=O) groups excluding carboxylic acids is 1. The van der Waals surface area contributed by atoms with E-state index in [1.807, 2.05) is 36.4 Å². The average Bonchev–Trinajstić information content (AvgIpc) is 2.30. The summed E-state index contributed by atoms with van der Waals surface area (Å²) >= 11 is 3.39. The number of ether oxygens (including phenoxy) is 1. The second kappa shape index (κ2) is 5.01. The number of carbonyl (C=O) groups is 1. The van der Waals surface area contributed by atoms with Crippen molar-refractivity contribution in [1.29, 1.82) is 0 Å². The third-order valence-corrected chi connectivity index (χ3v) is 2.78. The maximum atomic E-state index is 10.6. The normalized spacial score (nSPS) is 9.94. The molecule has 2 N–H and O–H groups in total. The second-order valence-corrected chi connectivity index (χ2v) is 4.37. The van der Waals surface area contributed by atoms with Gasteiger partial charge in [-0.05, 0) is 35.4 Å². The first-order valence-electron chi connectivity index (χ1n) is 4.98. The van der Waals surface area contributed by atoms with Crippen LogP contribution in [0.5, 0.6) is 5.75 Å². The molecule has 0 radical (unpaired) electrons. The van der Waals surface area contributed by atoms with Gasteiger partial charge in [0.2, 0.25) is 0 Å². The van der Waals surface area contributed by atoms with E-state index < -0.39 is 6.09 Å². The molecule has 0 saturated carbocycles. The Morgan fingerprint density at radius 3 is 1.88 bits per heavy atom. The number of hydrogen-bond acceptors (Lipinski definition) is 2. The Kier molecular flexibility index (Phi) is 3.44. The van der Waals surface area contributed by atoms with Crippen LogP contribution in [0.1, 0.15) is 0 Å². The summed E-state index contributed by atoms with van der Waals surface area (Å²) < 4.78 is 5.79. The van der Waals surface area contributed by atoms with Crippen molar-refractivity contribution in [2.75, 3.05) is 0 Å². The van der Waals surface area contributed by atoms with Gasteiger partial charge in [0.25, 0.3) is 0 Å². The highest BCUT2D eigenvalue weighted by Gasteiger charge is 2.00. The minimum atomic E-state index is -0.804. The van der Waals surface area contributed by atoms with Crippen LogP contribution >= 0.6 is 15.9 Å². The quantitative estimate of drug-likeness (QED) is 0.919. The van der Waals surface area contributed by atoms with Crippen molar-refractivity contribution in [1.82, 2.24) is 0 Å². The molecule has 0 aliphatic rings. The van der Waals surface area contributed by atoms with E-state index in [0.717, 1.165) is 15.6 Å². The highest BCUT2D eigenvalue weighted by Crippen LogP contribution is 2.23. The molecule has 0 fully saturated rings. The number of benzene rings is 2. The maximum Gasteiger partial charge on any atom is 0.409 e. The van der Waals surface area contributed by atoms with Gasteiger partial charge in [0.1, 0.15) is 5.75 Å². The highest BCUT2D eigenvalue weighted by molar-refractivity contribution is 9.10. The lowest BCUT2D eigenvalue weighted by atomic mass is 10.1. The smallest absolute Gasteiger partial charge is 0.409 e. The van der Waals surface area contributed by atoms with E-state index in [2.05, 4.69) is 15.9 Å². The summed E-state index contributed by atoms with van der Waals surface area (Å²) in [5.74, 6) is 0.443. The fourth-order valence-corrected chi connectivity index (χ4v) is 1.74. The van der Waals surface area contributed by atoms with Crippen LogP contribution in [-0.4, -0.2) is 6.09 Å². The summed E-state index contributed by atoms with van der Waals surface area (Å²) in [5, 5.41) is 0. The first-order chi connectivity index (χ1) is 8.15. The summed E-state index contributed by atoms with van der Waals surface area (Å²) in [4.78, 5) is 10.6. The zero-order chi connectivity index (χ0) is 12.3. The standard InChI is InChI=1S/C13H10BrNO2/c14-11-5-1-9(2-6-11)10-3-7-12(8-4-10)17-13(15)16/h1-8H,(H2,15,16). The Labute approximate surface area is 107 Å². The molecule has 0 spiro atoms. The number of rotatable bonds is 2. The number of amides is 1. The molecule has 4 heteroatoms. The molecule has 0 aliphatic heterocycles. The Morgan fingerprint density at radius 2 is 1.41 bits per heavy atom. The minimum absolute atomic E-state index is 0.443. The Balaban J connectivity index is 2.23. The summed E-state index contributed by atoms with van der Waals surface area (Å²) in [5.41, 5.74) is 7.07. The van der Waals surface area contributed by atoms with Crippen LogP contribution < -0.4 is 10.5 Å². The molecule has 0 heterocycles. The van der Waals surface area contributed by atoms with Crippen molar-refractivity contribution in [3.63, 3.8) is 0 Å². The molecule has 2 aromatic carbocycles. The lowest BCUT2D eigenvalue weighted by Crippen LogP contribution is -2.16. The molecule has 2 rings (SSSR count). The van der Waals surface area contributed by atoms with Crippen molar-refractivity contribution in [2.24, 2.45) is 5.73 Å². The molecule has 0 atom stereocenters. The van der Waals surface area contributed by atoms with Gasteiger partial charge in [0.05, 0.1) is 0 Å². The van der Waals surface area contributed by atoms with Gasteiger partial charge in [0.15, 0.2) is 0 Å². The van der Waals surface area contributed by atoms with Gasteiger partial charge in [-0.1, -0.05) is 40.2 Å². The van der Waals surface area contributed by atoms with Crippen molar-refractivity contribution in [3.8, 4) is 16.9 Å². The SMILES string of the molecule is NC(=O)Oc1ccc(-c2ccc(Br)cc2)cc1. The monoisotopic (exact) mass is 291 g/mol. The van der Waals surface area contributed by atoms with Crippen molar-refractivity contribution in [2.45, 2.75) is 0 Å². The highest BCUT2D eigenvalue weighted by atomic mass is 79.9. The summed E-state index contributed by atoms with van der Waals surface area (Å²) in [6.07, 6.45) is -0.804. The molecule has 0 aliphatic carbocycles. The fourth-order valence-electron chi connectivity index (χ4n) is 1.47. The molecule has 0 unspecified atom stereocenters. The second-order valence-electron chi connectivity index (χ2n) is 3.45. The van der Waals surface area contributed by atoms with Gasteiger partial charge >= 0.3 is 6.09 Å². The van der Waals surface area contributed by atoms with Gasteiger partial charge in [-0.15, -0.1) is 0 Å². The summed E-state index contributed by atoms with van der Waals surface area (Å²) in [6, 6.07) is 15.1. The van der Waals surface area contributed by atoms with E-state index in [9.17, 15) is 4.79 Å². The maximum absolute atomic E-state index is 10.6. The molecule has 2 aromatic rings. The van der Waals surface area contributed by atoms with E-state index in [4.69, 9.17) is 10.5 Å². The van der Waals surface area contributed by atoms with Crippen LogP contribution in [-0.2, 0) is 0 Å². The van der Waals surface area contributed by atoms with Gasteiger partial charge < -0.3 is 10.5 Å². The fraction of sp³-hybridized carbons (Fsp3) is 0. The topological polar surface area (TPSA) is 52.3 Å². The van der Waals surface area contributed by atoms with Gasteiger partial charge in [0, 0.05) is 4.47 Å². The Bertz CT molecular complexity index is 520. The van der Waals surface area contributed by atoms with Crippen LogP contribution in [0, 0.1) is 0 Å². The van der Waals surface area contributed by atoms with Crippen LogP contribution in [0.25, 0.3) is 11.1 Å². The molecule has 0 saturated heterocycles. The van der Waals surface area contributed by atoms with Crippen molar-refractivity contribution < 1.29 is 9.53 Å². The van der Waals surface area contributed by atoms with E-state index in [1.165, 1.54) is 0 Å². The summed E-state index contributed by atoms with van der Waals surface area (Å²) in [7, 11) is 0. The molecule has 17 heavy (non-hydrogen) atoms. The predicted molar refractivity (Wildman–Crippen MR) is 69.8 cm³/mol. The average molecular weight is 292 g/mol. The van der Waals surface area contributed by atoms with Crippen LogP contribution in [0.4, 0.5) is 4.79 Å².